The first kappa shape index (κ1) is 10.3. The van der Waals surface area contributed by atoms with Gasteiger partial charge in [-0.15, -0.1) is 0 Å². The van der Waals surface area contributed by atoms with Crippen LogP contribution in [0.2, 0.25) is 0 Å². The summed E-state index contributed by atoms with van der Waals surface area (Å²) in [7, 11) is 0. The van der Waals surface area contributed by atoms with Crippen LogP contribution in [0.5, 0.6) is 0 Å². The molecule has 1 aliphatic heterocycles. The average molecular weight is 206 g/mol. The Kier molecular flexibility index (Phi) is 3.45. The van der Waals surface area contributed by atoms with Crippen molar-refractivity contribution in [1.29, 1.82) is 0 Å². The molecule has 3 nitrogen and oxygen atoms in total. The summed E-state index contributed by atoms with van der Waals surface area (Å²) in [5, 5.41) is 0. The van der Waals surface area contributed by atoms with Crippen LogP contribution in [0, 0.1) is 0 Å². The number of nitrogens with zero attached hydrogens (tertiary/aromatic N) is 1. The van der Waals surface area contributed by atoms with Gasteiger partial charge in [0.05, 0.1) is 6.61 Å². The molecular weight excluding hydrogens is 188 g/mol. The Balaban J connectivity index is 2.07. The maximum atomic E-state index is 5.78. The highest BCUT2D eigenvalue weighted by molar-refractivity contribution is 5.29. The molecule has 1 saturated heterocycles. The van der Waals surface area contributed by atoms with Gasteiger partial charge in [0.25, 0.3) is 0 Å². The van der Waals surface area contributed by atoms with E-state index in [1.807, 2.05) is 6.08 Å². The second-order valence-electron chi connectivity index (χ2n) is 3.89. The topological polar surface area (TPSA) is 38.5 Å². The minimum atomic E-state index is 0.824. The molecule has 1 aliphatic carbocycles. The maximum absolute atomic E-state index is 5.78. The molecule has 0 bridgehead atoms. The predicted molar refractivity (Wildman–Crippen MR) is 61.1 cm³/mol. The van der Waals surface area contributed by atoms with Gasteiger partial charge in [-0.05, 0) is 24.6 Å². The molecular formula is C12H18N2O. The van der Waals surface area contributed by atoms with Crippen molar-refractivity contribution in [2.24, 2.45) is 5.73 Å². The van der Waals surface area contributed by atoms with Crippen LogP contribution in [0.25, 0.3) is 0 Å². The van der Waals surface area contributed by atoms with Crippen molar-refractivity contribution in [1.82, 2.24) is 4.90 Å². The van der Waals surface area contributed by atoms with E-state index in [0.29, 0.717) is 0 Å². The first-order valence-corrected chi connectivity index (χ1v) is 5.52. The lowest BCUT2D eigenvalue weighted by Crippen LogP contribution is -2.24. The summed E-state index contributed by atoms with van der Waals surface area (Å²) in [4.78, 5) is 2.36. The summed E-state index contributed by atoms with van der Waals surface area (Å²) in [5.41, 5.74) is 7.95. The van der Waals surface area contributed by atoms with Gasteiger partial charge in [-0.25, -0.2) is 0 Å². The number of allylic oxidation sites excluding steroid dienone is 4. The molecule has 0 aromatic heterocycles. The highest BCUT2D eigenvalue weighted by Crippen LogP contribution is 2.14. The van der Waals surface area contributed by atoms with Gasteiger partial charge in [-0.2, -0.15) is 0 Å². The van der Waals surface area contributed by atoms with E-state index in [1.165, 1.54) is 5.70 Å². The Labute approximate surface area is 90.9 Å². The van der Waals surface area contributed by atoms with Gasteiger partial charge in [0, 0.05) is 37.5 Å². The lowest BCUT2D eigenvalue weighted by Gasteiger charge is -2.22. The minimum absolute atomic E-state index is 0.824. The normalized spacial score (nSPS) is 22.8. The zero-order valence-electron chi connectivity index (χ0n) is 8.98. The standard InChI is InChI=1S/C12H18N2O/c13-11-3-1-4-12(6-5-11)14-7-2-9-15-10-8-14/h1,4-6H,2-3,7-10,13H2. The molecule has 1 heterocycles. The molecule has 15 heavy (non-hydrogen) atoms. The van der Waals surface area contributed by atoms with Gasteiger partial charge in [0.2, 0.25) is 0 Å². The molecule has 3 heteroatoms. The minimum Gasteiger partial charge on any atom is -0.402 e. The van der Waals surface area contributed by atoms with E-state index in [0.717, 1.165) is 44.8 Å². The van der Waals surface area contributed by atoms with Crippen molar-refractivity contribution >= 4 is 0 Å². The number of hydrogen-bond acceptors (Lipinski definition) is 3. The van der Waals surface area contributed by atoms with E-state index in [4.69, 9.17) is 10.5 Å². The van der Waals surface area contributed by atoms with E-state index in [9.17, 15) is 0 Å². The van der Waals surface area contributed by atoms with E-state index >= 15 is 0 Å². The Morgan fingerprint density at radius 1 is 1.20 bits per heavy atom. The average Bonchev–Trinajstić information content (AvgIpc) is 2.59. The molecule has 82 valence electrons. The Hall–Kier alpha value is -1.22. The molecule has 2 N–H and O–H groups in total. The largest absolute Gasteiger partial charge is 0.402 e. The predicted octanol–water partition coefficient (Wildman–Crippen LogP) is 1.40. The van der Waals surface area contributed by atoms with Gasteiger partial charge in [0.15, 0.2) is 0 Å². The number of rotatable bonds is 1. The van der Waals surface area contributed by atoms with Crippen molar-refractivity contribution in [3.05, 3.63) is 35.7 Å². The third-order valence-corrected chi connectivity index (χ3v) is 2.70. The van der Waals surface area contributed by atoms with E-state index in [-0.39, 0.29) is 0 Å². The van der Waals surface area contributed by atoms with Crippen molar-refractivity contribution < 1.29 is 4.74 Å². The third-order valence-electron chi connectivity index (χ3n) is 2.70. The second kappa shape index (κ2) is 5.03. The van der Waals surface area contributed by atoms with Crippen LogP contribution in [0.4, 0.5) is 0 Å². The lowest BCUT2D eigenvalue weighted by atomic mass is 10.3. The fourth-order valence-corrected chi connectivity index (χ4v) is 1.85. The van der Waals surface area contributed by atoms with Crippen molar-refractivity contribution in [2.45, 2.75) is 12.8 Å². The molecule has 0 radical (unpaired) electrons. The monoisotopic (exact) mass is 206 g/mol. The number of nitrogens with two attached hydrogens (primary N) is 1. The Bertz CT molecular complexity index is 297. The first-order chi connectivity index (χ1) is 7.36. The van der Waals surface area contributed by atoms with Crippen LogP contribution in [-0.4, -0.2) is 31.2 Å². The summed E-state index contributed by atoms with van der Waals surface area (Å²) >= 11 is 0. The molecule has 0 unspecified atom stereocenters. The lowest BCUT2D eigenvalue weighted by molar-refractivity contribution is 0.145. The van der Waals surface area contributed by atoms with Crippen LogP contribution >= 0.6 is 0 Å². The maximum Gasteiger partial charge on any atom is 0.0641 e. The van der Waals surface area contributed by atoms with Gasteiger partial charge < -0.3 is 15.4 Å². The van der Waals surface area contributed by atoms with Crippen LogP contribution in [0.15, 0.2) is 35.7 Å². The summed E-state index contributed by atoms with van der Waals surface area (Å²) in [6, 6.07) is 0. The van der Waals surface area contributed by atoms with Crippen LogP contribution in [0.1, 0.15) is 12.8 Å². The number of ether oxygens (including phenoxy) is 1. The van der Waals surface area contributed by atoms with Crippen molar-refractivity contribution in [3.8, 4) is 0 Å². The fraction of sp³-hybridized carbons (Fsp3) is 0.500. The molecule has 0 saturated carbocycles. The summed E-state index contributed by atoms with van der Waals surface area (Å²) in [5.74, 6) is 0. The summed E-state index contributed by atoms with van der Waals surface area (Å²) in [6.45, 7) is 3.75. The van der Waals surface area contributed by atoms with Gasteiger partial charge in [-0.1, -0.05) is 6.08 Å². The van der Waals surface area contributed by atoms with Crippen LogP contribution in [0.3, 0.4) is 0 Å². The quantitative estimate of drug-likeness (QED) is 0.704. The zero-order chi connectivity index (χ0) is 10.5. The van der Waals surface area contributed by atoms with E-state index < -0.39 is 0 Å². The van der Waals surface area contributed by atoms with Crippen molar-refractivity contribution in [2.75, 3.05) is 26.3 Å². The fourth-order valence-electron chi connectivity index (χ4n) is 1.85. The van der Waals surface area contributed by atoms with E-state index in [1.54, 1.807) is 0 Å². The summed E-state index contributed by atoms with van der Waals surface area (Å²) < 4.78 is 5.43. The van der Waals surface area contributed by atoms with Gasteiger partial charge >= 0.3 is 0 Å². The zero-order valence-corrected chi connectivity index (χ0v) is 8.98. The first-order valence-electron chi connectivity index (χ1n) is 5.52. The molecule has 1 fully saturated rings. The second-order valence-corrected chi connectivity index (χ2v) is 3.89. The highest BCUT2D eigenvalue weighted by Gasteiger charge is 2.10. The molecule has 0 aromatic rings. The highest BCUT2D eigenvalue weighted by atomic mass is 16.5. The Morgan fingerprint density at radius 3 is 3.07 bits per heavy atom. The smallest absolute Gasteiger partial charge is 0.0641 e. The van der Waals surface area contributed by atoms with Crippen LogP contribution in [-0.2, 0) is 4.74 Å². The van der Waals surface area contributed by atoms with Gasteiger partial charge in [0.1, 0.15) is 0 Å². The molecule has 0 aromatic carbocycles. The van der Waals surface area contributed by atoms with Gasteiger partial charge in [-0.3, -0.25) is 0 Å². The molecule has 0 amide bonds. The summed E-state index contributed by atoms with van der Waals surface area (Å²) in [6.07, 6.45) is 10.3. The molecule has 0 spiro atoms. The molecule has 2 rings (SSSR count). The van der Waals surface area contributed by atoms with Crippen LogP contribution < -0.4 is 5.73 Å². The molecule has 2 aliphatic rings. The van der Waals surface area contributed by atoms with E-state index in [2.05, 4.69) is 23.1 Å². The van der Waals surface area contributed by atoms with Crippen molar-refractivity contribution in [3.63, 3.8) is 0 Å². The third kappa shape index (κ3) is 2.86. The molecule has 0 atom stereocenters. The SMILES string of the molecule is NC1=CC=C(N2CCCOCC2)C=CC1. The number of hydrogen-bond donors (Lipinski definition) is 1. The Morgan fingerprint density at radius 2 is 2.13 bits per heavy atom.